The summed E-state index contributed by atoms with van der Waals surface area (Å²) in [6.07, 6.45) is 1.14. The molecule has 0 radical (unpaired) electrons. The Hall–Kier alpha value is -2.15. The zero-order valence-corrected chi connectivity index (χ0v) is 11.5. The lowest BCUT2D eigenvalue weighted by Crippen LogP contribution is -2.16. The highest BCUT2D eigenvalue weighted by atomic mass is 16.5. The van der Waals surface area contributed by atoms with Crippen LogP contribution >= 0.6 is 0 Å². The summed E-state index contributed by atoms with van der Waals surface area (Å²) in [5, 5.41) is 12.1. The topological polar surface area (TPSA) is 100 Å². The molecule has 0 aliphatic heterocycles. The van der Waals surface area contributed by atoms with Gasteiger partial charge < -0.3 is 20.1 Å². The van der Waals surface area contributed by atoms with E-state index in [1.54, 1.807) is 19.1 Å². The molecule has 3 N–H and O–H groups in total. The summed E-state index contributed by atoms with van der Waals surface area (Å²) in [4.78, 5) is 22.2. The molecule has 0 spiro atoms. The number of aromatic nitrogens is 3. The van der Waals surface area contributed by atoms with E-state index >= 15 is 0 Å². The van der Waals surface area contributed by atoms with Gasteiger partial charge in [0, 0.05) is 0 Å². The van der Waals surface area contributed by atoms with E-state index in [0.29, 0.717) is 23.5 Å². The van der Waals surface area contributed by atoms with E-state index in [4.69, 9.17) is 4.74 Å². The fourth-order valence-electron chi connectivity index (χ4n) is 1.72. The monoisotopic (exact) mass is 278 g/mol. The number of anilines is 1. The van der Waals surface area contributed by atoms with Gasteiger partial charge >= 0.3 is 5.69 Å². The second kappa shape index (κ2) is 6.33. The molecule has 2 aromatic rings. The summed E-state index contributed by atoms with van der Waals surface area (Å²) in [7, 11) is 0. The van der Waals surface area contributed by atoms with Crippen LogP contribution in [-0.2, 0) is 0 Å². The van der Waals surface area contributed by atoms with Crippen LogP contribution in [-0.4, -0.2) is 32.9 Å². The average Bonchev–Trinajstić information content (AvgIpc) is 2.39. The van der Waals surface area contributed by atoms with E-state index in [2.05, 4.69) is 27.2 Å². The SMILES string of the molecule is CCCCOc1nc(=O)[nH]c2ccc(NC(C)O)nc12. The van der Waals surface area contributed by atoms with Gasteiger partial charge in [-0.05, 0) is 25.5 Å². The van der Waals surface area contributed by atoms with Crippen molar-refractivity contribution in [3.05, 3.63) is 22.6 Å². The second-order valence-corrected chi connectivity index (χ2v) is 4.46. The molecule has 1 atom stereocenters. The molecule has 20 heavy (non-hydrogen) atoms. The maximum Gasteiger partial charge on any atom is 0.348 e. The number of hydrogen-bond donors (Lipinski definition) is 3. The lowest BCUT2D eigenvalue weighted by molar-refractivity contribution is 0.224. The van der Waals surface area contributed by atoms with Crippen molar-refractivity contribution in [3.63, 3.8) is 0 Å². The smallest absolute Gasteiger partial charge is 0.348 e. The summed E-state index contributed by atoms with van der Waals surface area (Å²) < 4.78 is 5.52. The molecule has 2 heterocycles. The van der Waals surface area contributed by atoms with Crippen LogP contribution < -0.4 is 15.7 Å². The van der Waals surface area contributed by atoms with E-state index in [0.717, 1.165) is 12.8 Å². The number of pyridine rings is 1. The van der Waals surface area contributed by atoms with Gasteiger partial charge in [0.15, 0.2) is 5.52 Å². The van der Waals surface area contributed by atoms with Crippen LogP contribution in [0.15, 0.2) is 16.9 Å². The number of fused-ring (bicyclic) bond motifs is 1. The van der Waals surface area contributed by atoms with Crippen LogP contribution in [0.5, 0.6) is 5.88 Å². The van der Waals surface area contributed by atoms with Crippen molar-refractivity contribution in [1.82, 2.24) is 15.0 Å². The van der Waals surface area contributed by atoms with Crippen LogP contribution in [0.1, 0.15) is 26.7 Å². The molecular weight excluding hydrogens is 260 g/mol. The Labute approximate surface area is 116 Å². The molecule has 0 saturated carbocycles. The number of nitrogens with one attached hydrogen (secondary N) is 2. The third kappa shape index (κ3) is 3.45. The van der Waals surface area contributed by atoms with E-state index in [-0.39, 0.29) is 5.88 Å². The first kappa shape index (κ1) is 14.3. The molecule has 7 nitrogen and oxygen atoms in total. The fraction of sp³-hybridized carbons (Fsp3) is 0.462. The number of H-pyrrole nitrogens is 1. The predicted octanol–water partition coefficient (Wildman–Crippen LogP) is 1.25. The van der Waals surface area contributed by atoms with Crippen LogP contribution in [0.4, 0.5) is 5.82 Å². The highest BCUT2D eigenvalue weighted by Gasteiger charge is 2.09. The zero-order valence-electron chi connectivity index (χ0n) is 11.5. The molecule has 7 heteroatoms. The highest BCUT2D eigenvalue weighted by Crippen LogP contribution is 2.20. The van der Waals surface area contributed by atoms with E-state index in [1.165, 1.54) is 0 Å². The van der Waals surface area contributed by atoms with Gasteiger partial charge in [-0.15, -0.1) is 0 Å². The number of hydrogen-bond acceptors (Lipinski definition) is 6. The average molecular weight is 278 g/mol. The third-order valence-electron chi connectivity index (χ3n) is 2.64. The van der Waals surface area contributed by atoms with E-state index < -0.39 is 11.9 Å². The van der Waals surface area contributed by atoms with Gasteiger partial charge in [-0.1, -0.05) is 13.3 Å². The van der Waals surface area contributed by atoms with Crippen molar-refractivity contribution in [2.24, 2.45) is 0 Å². The third-order valence-corrected chi connectivity index (χ3v) is 2.64. The van der Waals surface area contributed by atoms with Crippen molar-refractivity contribution in [3.8, 4) is 5.88 Å². The first-order valence-corrected chi connectivity index (χ1v) is 6.58. The normalized spacial score (nSPS) is 12.3. The van der Waals surface area contributed by atoms with Crippen LogP contribution in [0.25, 0.3) is 11.0 Å². The molecule has 0 fully saturated rings. The molecule has 0 aliphatic carbocycles. The maximum absolute atomic E-state index is 11.5. The predicted molar refractivity (Wildman–Crippen MR) is 75.9 cm³/mol. The Balaban J connectivity index is 2.39. The van der Waals surface area contributed by atoms with Gasteiger partial charge in [-0.3, -0.25) is 0 Å². The largest absolute Gasteiger partial charge is 0.476 e. The van der Waals surface area contributed by atoms with E-state index in [1.807, 2.05) is 0 Å². The Morgan fingerprint density at radius 3 is 2.95 bits per heavy atom. The highest BCUT2D eigenvalue weighted by molar-refractivity contribution is 5.80. The van der Waals surface area contributed by atoms with Crippen LogP contribution in [0, 0.1) is 0 Å². The van der Waals surface area contributed by atoms with Gasteiger partial charge in [0.2, 0.25) is 5.88 Å². The van der Waals surface area contributed by atoms with Gasteiger partial charge in [0.1, 0.15) is 12.0 Å². The van der Waals surface area contributed by atoms with Crippen molar-refractivity contribution >= 4 is 16.9 Å². The Morgan fingerprint density at radius 2 is 2.25 bits per heavy atom. The van der Waals surface area contributed by atoms with Gasteiger partial charge in [0.05, 0.1) is 12.1 Å². The van der Waals surface area contributed by atoms with Gasteiger partial charge in [-0.2, -0.15) is 4.98 Å². The molecule has 0 bridgehead atoms. The van der Waals surface area contributed by atoms with Crippen molar-refractivity contribution in [1.29, 1.82) is 0 Å². The minimum Gasteiger partial charge on any atom is -0.476 e. The number of rotatable bonds is 6. The second-order valence-electron chi connectivity index (χ2n) is 4.46. The molecule has 2 aromatic heterocycles. The molecule has 108 valence electrons. The fourth-order valence-corrected chi connectivity index (χ4v) is 1.72. The minimum absolute atomic E-state index is 0.214. The molecule has 0 amide bonds. The minimum atomic E-state index is -0.722. The number of ether oxygens (including phenoxy) is 1. The number of aliphatic hydroxyl groups excluding tert-OH is 1. The summed E-state index contributed by atoms with van der Waals surface area (Å²) >= 11 is 0. The summed E-state index contributed by atoms with van der Waals surface area (Å²) in [6, 6.07) is 3.36. The summed E-state index contributed by atoms with van der Waals surface area (Å²) in [5.41, 5.74) is 0.543. The lowest BCUT2D eigenvalue weighted by Gasteiger charge is -2.10. The van der Waals surface area contributed by atoms with Crippen LogP contribution in [0.2, 0.25) is 0 Å². The standard InChI is InChI=1S/C13H18N4O3/c1-3-4-7-20-12-11-9(15-13(19)17-12)5-6-10(16-11)14-8(2)18/h5-6,8,18H,3-4,7H2,1-2H3,(H,14,16)(H,15,17,19). The molecule has 0 aliphatic rings. The molecule has 2 rings (SSSR count). The maximum atomic E-state index is 11.5. The van der Waals surface area contributed by atoms with E-state index in [9.17, 15) is 9.90 Å². The number of unbranched alkanes of at least 4 members (excludes halogenated alkanes) is 1. The van der Waals surface area contributed by atoms with Gasteiger partial charge in [-0.25, -0.2) is 9.78 Å². The number of nitrogens with zero attached hydrogens (tertiary/aromatic N) is 2. The van der Waals surface area contributed by atoms with Gasteiger partial charge in [0.25, 0.3) is 0 Å². The first-order chi connectivity index (χ1) is 9.60. The molecular formula is C13H18N4O3. The van der Waals surface area contributed by atoms with Crippen molar-refractivity contribution < 1.29 is 9.84 Å². The van der Waals surface area contributed by atoms with Crippen molar-refractivity contribution in [2.45, 2.75) is 32.9 Å². The summed E-state index contributed by atoms with van der Waals surface area (Å²) in [5.74, 6) is 0.702. The number of aromatic amines is 1. The Kier molecular flexibility index (Phi) is 4.52. The Morgan fingerprint density at radius 1 is 1.45 bits per heavy atom. The Bertz CT molecular complexity index is 639. The quantitative estimate of drug-likeness (QED) is 0.543. The number of aliphatic hydroxyl groups is 1. The lowest BCUT2D eigenvalue weighted by atomic mass is 10.3. The first-order valence-electron chi connectivity index (χ1n) is 6.58. The molecule has 1 unspecified atom stereocenters. The van der Waals surface area contributed by atoms with Crippen LogP contribution in [0.3, 0.4) is 0 Å². The molecule has 0 aromatic carbocycles. The van der Waals surface area contributed by atoms with Crippen molar-refractivity contribution in [2.75, 3.05) is 11.9 Å². The summed E-state index contributed by atoms with van der Waals surface area (Å²) in [6.45, 7) is 4.13. The zero-order chi connectivity index (χ0) is 14.5. The molecule has 0 saturated heterocycles.